The highest BCUT2D eigenvalue weighted by Gasteiger charge is 2.37. The molecule has 31 heavy (non-hydrogen) atoms. The molecular weight excluding hydrogens is 436 g/mol. The summed E-state index contributed by atoms with van der Waals surface area (Å²) in [7, 11) is 0. The van der Waals surface area contributed by atoms with Crippen LogP contribution in [0, 0.1) is 0 Å². The molecule has 2 aliphatic rings. The maximum Gasteiger partial charge on any atom is 0.326 e. The standard InChI is InChI=1S/C23H27ClN2O4S/c1-7-26-18-10-17(24)15(8-16(18)14(4)11-23(26,5)6)9-19-21(28)25(22(29)31-19)12-20(27)30-13(2)3/h8-11,13H,7,12H2,1-6H3/b19-9-. The van der Waals surface area contributed by atoms with E-state index in [-0.39, 0.29) is 16.5 Å². The molecule has 0 radical (unpaired) electrons. The van der Waals surface area contributed by atoms with Crippen molar-refractivity contribution < 1.29 is 19.1 Å². The summed E-state index contributed by atoms with van der Waals surface area (Å²) in [5.41, 5.74) is 3.72. The number of esters is 1. The van der Waals surface area contributed by atoms with Crippen molar-refractivity contribution in [3.8, 4) is 0 Å². The molecule has 1 saturated heterocycles. The van der Waals surface area contributed by atoms with Crippen molar-refractivity contribution in [2.24, 2.45) is 0 Å². The Kier molecular flexibility index (Phi) is 6.58. The zero-order chi connectivity index (χ0) is 23.1. The van der Waals surface area contributed by atoms with E-state index in [1.165, 1.54) is 0 Å². The molecule has 8 heteroatoms. The second kappa shape index (κ2) is 8.71. The van der Waals surface area contributed by atoms with Gasteiger partial charge in [0.15, 0.2) is 0 Å². The van der Waals surface area contributed by atoms with Crippen LogP contribution >= 0.6 is 23.4 Å². The SMILES string of the molecule is CCN1c2cc(Cl)c(/C=C3\SC(=O)N(CC(=O)OC(C)C)C3=O)cc2C(C)=CC1(C)C. The third kappa shape index (κ3) is 4.67. The number of amides is 2. The summed E-state index contributed by atoms with van der Waals surface area (Å²) in [6.45, 7) is 12.3. The third-order valence-corrected chi connectivity index (χ3v) is 6.46. The van der Waals surface area contributed by atoms with Crippen LogP contribution in [0.15, 0.2) is 23.1 Å². The molecule has 1 fully saturated rings. The van der Waals surface area contributed by atoms with Crippen molar-refractivity contribution in [2.45, 2.75) is 53.2 Å². The molecule has 2 amide bonds. The number of imide groups is 1. The fraction of sp³-hybridized carbons (Fsp3) is 0.435. The van der Waals surface area contributed by atoms with Crippen LogP contribution in [0.4, 0.5) is 10.5 Å². The van der Waals surface area contributed by atoms with Crippen LogP contribution in [0.25, 0.3) is 11.6 Å². The molecule has 0 N–H and O–H groups in total. The predicted molar refractivity (Wildman–Crippen MR) is 126 cm³/mol. The van der Waals surface area contributed by atoms with Gasteiger partial charge in [-0.25, -0.2) is 0 Å². The number of rotatable bonds is 5. The number of thioether (sulfide) groups is 1. The van der Waals surface area contributed by atoms with Crippen molar-refractivity contribution >= 4 is 57.8 Å². The maximum atomic E-state index is 12.7. The molecule has 1 aromatic carbocycles. The van der Waals surface area contributed by atoms with E-state index in [0.29, 0.717) is 10.6 Å². The maximum absolute atomic E-state index is 12.7. The molecule has 0 saturated carbocycles. The molecule has 6 nitrogen and oxygen atoms in total. The normalized spacial score (nSPS) is 19.2. The predicted octanol–water partition coefficient (Wildman–Crippen LogP) is 5.35. The second-order valence-electron chi connectivity index (χ2n) is 8.42. The Balaban J connectivity index is 1.93. The molecule has 0 atom stereocenters. The van der Waals surface area contributed by atoms with E-state index in [4.69, 9.17) is 16.3 Å². The fourth-order valence-corrected chi connectivity index (χ4v) is 5.05. The molecule has 1 aromatic rings. The number of nitrogens with zero attached hydrogens (tertiary/aromatic N) is 2. The van der Waals surface area contributed by atoms with E-state index < -0.39 is 23.7 Å². The van der Waals surface area contributed by atoms with Crippen LogP contribution < -0.4 is 4.90 Å². The summed E-state index contributed by atoms with van der Waals surface area (Å²) in [6.07, 6.45) is 3.51. The van der Waals surface area contributed by atoms with Crippen LogP contribution in [0.3, 0.4) is 0 Å². The van der Waals surface area contributed by atoms with Gasteiger partial charge in [-0.1, -0.05) is 17.7 Å². The van der Waals surface area contributed by atoms with Crippen LogP contribution in [0.1, 0.15) is 52.7 Å². The van der Waals surface area contributed by atoms with Gasteiger partial charge in [0, 0.05) is 22.8 Å². The average Bonchev–Trinajstić information content (AvgIpc) is 2.89. The number of benzene rings is 1. The van der Waals surface area contributed by atoms with Gasteiger partial charge in [-0.05, 0) is 82.6 Å². The number of fused-ring (bicyclic) bond motifs is 1. The Bertz CT molecular complexity index is 1010. The summed E-state index contributed by atoms with van der Waals surface area (Å²) in [5, 5.41) is -0.00487. The van der Waals surface area contributed by atoms with Gasteiger partial charge in [0.1, 0.15) is 6.54 Å². The number of hydrogen-bond donors (Lipinski definition) is 0. The zero-order valence-corrected chi connectivity index (χ0v) is 20.2. The van der Waals surface area contributed by atoms with Crippen molar-refractivity contribution in [1.82, 2.24) is 4.90 Å². The summed E-state index contributed by atoms with van der Waals surface area (Å²) < 4.78 is 5.05. The Labute approximate surface area is 192 Å². The van der Waals surface area contributed by atoms with Gasteiger partial charge in [-0.15, -0.1) is 0 Å². The first kappa shape index (κ1) is 23.4. The molecular formula is C23H27ClN2O4S. The van der Waals surface area contributed by atoms with Crippen molar-refractivity contribution in [3.05, 3.63) is 39.3 Å². The first-order valence-corrected chi connectivity index (χ1v) is 11.4. The number of ether oxygens (including phenoxy) is 1. The van der Waals surface area contributed by atoms with Gasteiger partial charge >= 0.3 is 5.97 Å². The number of hydrogen-bond acceptors (Lipinski definition) is 6. The Morgan fingerprint density at radius 3 is 2.58 bits per heavy atom. The number of carbonyl (C=O) groups is 3. The van der Waals surface area contributed by atoms with E-state index in [0.717, 1.165) is 40.0 Å². The Morgan fingerprint density at radius 1 is 1.29 bits per heavy atom. The van der Waals surface area contributed by atoms with Gasteiger partial charge in [0.25, 0.3) is 11.1 Å². The highest BCUT2D eigenvalue weighted by molar-refractivity contribution is 8.18. The smallest absolute Gasteiger partial charge is 0.326 e. The van der Waals surface area contributed by atoms with Crippen LogP contribution in [-0.4, -0.2) is 46.7 Å². The van der Waals surface area contributed by atoms with Crippen LogP contribution in [-0.2, 0) is 14.3 Å². The monoisotopic (exact) mass is 462 g/mol. The number of carbonyl (C=O) groups excluding carboxylic acids is 3. The largest absolute Gasteiger partial charge is 0.462 e. The van der Waals surface area contributed by atoms with E-state index >= 15 is 0 Å². The van der Waals surface area contributed by atoms with Crippen molar-refractivity contribution in [2.75, 3.05) is 18.0 Å². The van der Waals surface area contributed by atoms with Crippen LogP contribution in [0.5, 0.6) is 0 Å². The minimum atomic E-state index is -0.617. The molecule has 2 aliphatic heterocycles. The van der Waals surface area contributed by atoms with Gasteiger partial charge < -0.3 is 9.64 Å². The van der Waals surface area contributed by atoms with E-state index in [2.05, 4.69) is 38.7 Å². The second-order valence-corrected chi connectivity index (χ2v) is 9.82. The Morgan fingerprint density at radius 2 is 1.97 bits per heavy atom. The Hall–Kier alpha value is -2.25. The molecule has 3 rings (SSSR count). The highest BCUT2D eigenvalue weighted by atomic mass is 35.5. The molecule has 0 spiro atoms. The highest BCUT2D eigenvalue weighted by Crippen LogP contribution is 2.42. The molecule has 2 heterocycles. The van der Waals surface area contributed by atoms with Gasteiger partial charge in [0.2, 0.25) is 0 Å². The minimum Gasteiger partial charge on any atom is -0.462 e. The fourth-order valence-electron chi connectivity index (χ4n) is 4.01. The minimum absolute atomic E-state index is 0.135. The number of allylic oxidation sites excluding steroid dienone is 1. The lowest BCUT2D eigenvalue weighted by atomic mass is 9.88. The summed E-state index contributed by atoms with van der Waals surface area (Å²) in [6, 6.07) is 3.86. The first-order valence-electron chi connectivity index (χ1n) is 10.2. The topological polar surface area (TPSA) is 66.9 Å². The quantitative estimate of drug-likeness (QED) is 0.434. The number of halogens is 1. The van der Waals surface area contributed by atoms with Gasteiger partial charge in [0.05, 0.1) is 16.5 Å². The van der Waals surface area contributed by atoms with Crippen molar-refractivity contribution in [3.63, 3.8) is 0 Å². The van der Waals surface area contributed by atoms with Crippen LogP contribution in [0.2, 0.25) is 5.02 Å². The first-order chi connectivity index (χ1) is 14.4. The zero-order valence-electron chi connectivity index (χ0n) is 18.6. The number of anilines is 1. The van der Waals surface area contributed by atoms with Gasteiger partial charge in [-0.2, -0.15) is 0 Å². The summed E-state index contributed by atoms with van der Waals surface area (Å²) in [5.74, 6) is -1.14. The average molecular weight is 463 g/mol. The lowest BCUT2D eigenvalue weighted by Gasteiger charge is -2.43. The van der Waals surface area contributed by atoms with E-state index in [1.54, 1.807) is 19.9 Å². The summed E-state index contributed by atoms with van der Waals surface area (Å²) >= 11 is 7.38. The third-order valence-electron chi connectivity index (χ3n) is 5.23. The molecule has 166 valence electrons. The molecule has 0 aliphatic carbocycles. The molecule has 0 aromatic heterocycles. The lowest BCUT2D eigenvalue weighted by Crippen LogP contribution is -2.44. The molecule has 0 bridgehead atoms. The van der Waals surface area contributed by atoms with Gasteiger partial charge in [-0.3, -0.25) is 19.3 Å². The number of likely N-dealkylation sites (N-methyl/N-ethyl adjacent to an activating group) is 1. The molecule has 0 unspecified atom stereocenters. The van der Waals surface area contributed by atoms with E-state index in [9.17, 15) is 14.4 Å². The van der Waals surface area contributed by atoms with Crippen molar-refractivity contribution in [1.29, 1.82) is 0 Å². The van der Waals surface area contributed by atoms with E-state index in [1.807, 2.05) is 12.1 Å². The summed E-state index contributed by atoms with van der Waals surface area (Å²) in [4.78, 5) is 40.3. The lowest BCUT2D eigenvalue weighted by molar-refractivity contribution is -0.149.